The summed E-state index contributed by atoms with van der Waals surface area (Å²) in [5, 5.41) is 7.74. The van der Waals surface area contributed by atoms with Gasteiger partial charge in [0.2, 0.25) is 5.91 Å². The van der Waals surface area contributed by atoms with Gasteiger partial charge in [0.1, 0.15) is 0 Å². The Labute approximate surface area is 116 Å². The number of nitrogens with two attached hydrogens (primary N) is 1. The van der Waals surface area contributed by atoms with Crippen LogP contribution in [0.15, 0.2) is 24.4 Å². The van der Waals surface area contributed by atoms with Crippen LogP contribution in [0.1, 0.15) is 21.6 Å². The molecule has 1 heterocycles. The van der Waals surface area contributed by atoms with Crippen molar-refractivity contribution in [1.82, 2.24) is 9.78 Å². The van der Waals surface area contributed by atoms with Crippen molar-refractivity contribution >= 4 is 23.2 Å². The van der Waals surface area contributed by atoms with E-state index in [0.717, 1.165) is 16.9 Å². The maximum atomic E-state index is 11.2. The molecule has 0 radical (unpaired) electrons. The van der Waals surface area contributed by atoms with Gasteiger partial charge in [-0.05, 0) is 25.1 Å². The van der Waals surface area contributed by atoms with E-state index >= 15 is 0 Å². The quantitative estimate of drug-likeness (QED) is 0.899. The second-order valence-electron chi connectivity index (χ2n) is 4.29. The fourth-order valence-corrected chi connectivity index (χ4v) is 1.95. The zero-order chi connectivity index (χ0) is 14.0. The maximum Gasteiger partial charge on any atom is 0.250 e. The van der Waals surface area contributed by atoms with E-state index in [1.54, 1.807) is 18.2 Å². The number of aryl methyl sites for hydroxylation is 1. The van der Waals surface area contributed by atoms with Crippen molar-refractivity contribution in [2.75, 3.05) is 5.32 Å². The number of carbonyl (C=O) groups is 1. The molecule has 2 rings (SSSR count). The van der Waals surface area contributed by atoms with Gasteiger partial charge in [0.25, 0.3) is 0 Å². The molecule has 1 aromatic carbocycles. The molecule has 19 heavy (non-hydrogen) atoms. The first kappa shape index (κ1) is 13.4. The minimum atomic E-state index is -0.536. The number of aromatic nitrogens is 2. The topological polar surface area (TPSA) is 72.9 Å². The molecule has 0 bridgehead atoms. The number of carbonyl (C=O) groups excluding carboxylic acids is 1. The summed E-state index contributed by atoms with van der Waals surface area (Å²) in [4.78, 5) is 11.2. The van der Waals surface area contributed by atoms with Crippen LogP contribution in [-0.2, 0) is 13.6 Å². The van der Waals surface area contributed by atoms with Crippen LogP contribution in [0.25, 0.3) is 0 Å². The number of hydrogen-bond acceptors (Lipinski definition) is 3. The first-order chi connectivity index (χ1) is 8.99. The van der Waals surface area contributed by atoms with Gasteiger partial charge < -0.3 is 11.1 Å². The van der Waals surface area contributed by atoms with E-state index in [9.17, 15) is 4.79 Å². The summed E-state index contributed by atoms with van der Waals surface area (Å²) in [6.45, 7) is 2.63. The Morgan fingerprint density at radius 1 is 1.53 bits per heavy atom. The average Bonchev–Trinajstić information content (AvgIpc) is 2.69. The molecular formula is C13H15ClN4O. The lowest BCUT2D eigenvalue weighted by molar-refractivity contribution is 0.100. The lowest BCUT2D eigenvalue weighted by Gasteiger charge is -2.08. The molecule has 0 fully saturated rings. The zero-order valence-corrected chi connectivity index (χ0v) is 11.5. The largest absolute Gasteiger partial charge is 0.381 e. The van der Waals surface area contributed by atoms with Crippen LogP contribution >= 0.6 is 11.6 Å². The Balaban J connectivity index is 2.14. The number of primary amides is 1. The number of anilines is 1. The monoisotopic (exact) mass is 278 g/mol. The third-order valence-corrected chi connectivity index (χ3v) is 3.38. The molecule has 1 aromatic heterocycles. The summed E-state index contributed by atoms with van der Waals surface area (Å²) in [5.41, 5.74) is 8.55. The predicted octanol–water partition coefficient (Wildman–Crippen LogP) is 2.09. The Kier molecular flexibility index (Phi) is 3.76. The van der Waals surface area contributed by atoms with Crippen molar-refractivity contribution in [2.45, 2.75) is 13.5 Å². The Morgan fingerprint density at radius 2 is 2.26 bits per heavy atom. The van der Waals surface area contributed by atoms with Gasteiger partial charge in [0.15, 0.2) is 0 Å². The van der Waals surface area contributed by atoms with Crippen molar-refractivity contribution < 1.29 is 4.79 Å². The highest BCUT2D eigenvalue weighted by molar-refractivity contribution is 6.33. The summed E-state index contributed by atoms with van der Waals surface area (Å²) in [6.07, 6.45) is 1.81. The van der Waals surface area contributed by atoms with E-state index in [2.05, 4.69) is 10.4 Å². The van der Waals surface area contributed by atoms with Gasteiger partial charge in [-0.1, -0.05) is 11.6 Å². The fraction of sp³-hybridized carbons (Fsp3) is 0.231. The normalized spacial score (nSPS) is 10.5. The number of nitrogens with zero attached hydrogens (tertiary/aromatic N) is 2. The SMILES string of the molecule is Cc1c(CNc2ccc(Cl)c(C(N)=O)c2)cnn1C. The molecule has 0 atom stereocenters. The first-order valence-corrected chi connectivity index (χ1v) is 6.17. The van der Waals surface area contributed by atoms with Gasteiger partial charge >= 0.3 is 0 Å². The standard InChI is InChI=1S/C13H15ClN4O/c1-8-9(7-17-18(8)2)6-16-10-3-4-12(14)11(5-10)13(15)19/h3-5,7,16H,6H2,1-2H3,(H2,15,19). The highest BCUT2D eigenvalue weighted by atomic mass is 35.5. The molecule has 0 saturated carbocycles. The third kappa shape index (κ3) is 2.88. The molecular weight excluding hydrogens is 264 g/mol. The summed E-state index contributed by atoms with van der Waals surface area (Å²) >= 11 is 5.89. The minimum absolute atomic E-state index is 0.314. The van der Waals surface area contributed by atoms with Gasteiger partial charge in [0.05, 0.1) is 16.8 Å². The number of nitrogens with one attached hydrogen (secondary N) is 1. The van der Waals surface area contributed by atoms with Crippen LogP contribution < -0.4 is 11.1 Å². The van der Waals surface area contributed by atoms with Gasteiger partial charge in [-0.3, -0.25) is 9.48 Å². The van der Waals surface area contributed by atoms with E-state index in [-0.39, 0.29) is 0 Å². The molecule has 0 aliphatic rings. The molecule has 0 unspecified atom stereocenters. The molecule has 5 nitrogen and oxygen atoms in total. The van der Waals surface area contributed by atoms with Crippen LogP contribution in [0.5, 0.6) is 0 Å². The van der Waals surface area contributed by atoms with Crippen molar-refractivity contribution in [3.05, 3.63) is 46.2 Å². The highest BCUT2D eigenvalue weighted by Gasteiger charge is 2.08. The van der Waals surface area contributed by atoms with E-state index in [4.69, 9.17) is 17.3 Å². The van der Waals surface area contributed by atoms with Crippen LogP contribution in [0, 0.1) is 6.92 Å². The van der Waals surface area contributed by atoms with Crippen molar-refractivity contribution in [2.24, 2.45) is 12.8 Å². The molecule has 6 heteroatoms. The highest BCUT2D eigenvalue weighted by Crippen LogP contribution is 2.20. The summed E-state index contributed by atoms with van der Waals surface area (Å²) in [7, 11) is 1.90. The minimum Gasteiger partial charge on any atom is -0.381 e. The van der Waals surface area contributed by atoms with Crippen LogP contribution in [0.2, 0.25) is 5.02 Å². The molecule has 0 saturated heterocycles. The Morgan fingerprint density at radius 3 is 2.84 bits per heavy atom. The smallest absolute Gasteiger partial charge is 0.250 e. The van der Waals surface area contributed by atoms with Gasteiger partial charge in [0, 0.05) is 30.5 Å². The zero-order valence-electron chi connectivity index (χ0n) is 10.8. The first-order valence-electron chi connectivity index (χ1n) is 5.79. The average molecular weight is 279 g/mol. The molecule has 2 aromatic rings. The van der Waals surface area contributed by atoms with E-state index in [0.29, 0.717) is 17.1 Å². The van der Waals surface area contributed by atoms with Crippen molar-refractivity contribution in [3.8, 4) is 0 Å². The second-order valence-corrected chi connectivity index (χ2v) is 4.70. The number of amides is 1. The Bertz CT molecular complexity index is 621. The third-order valence-electron chi connectivity index (χ3n) is 3.05. The molecule has 100 valence electrons. The van der Waals surface area contributed by atoms with Crippen molar-refractivity contribution in [3.63, 3.8) is 0 Å². The van der Waals surface area contributed by atoms with E-state index < -0.39 is 5.91 Å². The predicted molar refractivity (Wildman–Crippen MR) is 75.2 cm³/mol. The summed E-state index contributed by atoms with van der Waals surface area (Å²) in [6, 6.07) is 5.11. The second kappa shape index (κ2) is 5.32. The fourth-order valence-electron chi connectivity index (χ4n) is 1.74. The van der Waals surface area contributed by atoms with Crippen LogP contribution in [0.3, 0.4) is 0 Å². The van der Waals surface area contributed by atoms with Gasteiger partial charge in [-0.15, -0.1) is 0 Å². The van der Waals surface area contributed by atoms with Crippen molar-refractivity contribution in [1.29, 1.82) is 0 Å². The lowest BCUT2D eigenvalue weighted by atomic mass is 10.2. The van der Waals surface area contributed by atoms with E-state index in [1.807, 2.05) is 24.9 Å². The van der Waals surface area contributed by atoms with E-state index in [1.165, 1.54) is 0 Å². The molecule has 3 N–H and O–H groups in total. The number of hydrogen-bond donors (Lipinski definition) is 2. The number of rotatable bonds is 4. The van der Waals surface area contributed by atoms with Crippen LogP contribution in [-0.4, -0.2) is 15.7 Å². The van der Waals surface area contributed by atoms with Crippen LogP contribution in [0.4, 0.5) is 5.69 Å². The number of benzene rings is 1. The van der Waals surface area contributed by atoms with Gasteiger partial charge in [-0.2, -0.15) is 5.10 Å². The molecule has 1 amide bonds. The number of halogens is 1. The lowest BCUT2D eigenvalue weighted by Crippen LogP contribution is -2.12. The Hall–Kier alpha value is -2.01. The summed E-state index contributed by atoms with van der Waals surface area (Å²) in [5.74, 6) is -0.536. The summed E-state index contributed by atoms with van der Waals surface area (Å²) < 4.78 is 1.81. The van der Waals surface area contributed by atoms with Gasteiger partial charge in [-0.25, -0.2) is 0 Å². The molecule has 0 aliphatic carbocycles. The molecule has 0 aliphatic heterocycles. The maximum absolute atomic E-state index is 11.2. The molecule has 0 spiro atoms.